The molecule has 32 heavy (non-hydrogen) atoms. The number of anilines is 2. The van der Waals surface area contributed by atoms with E-state index in [1.807, 2.05) is 6.07 Å². The van der Waals surface area contributed by atoms with Crippen molar-refractivity contribution in [2.24, 2.45) is 0 Å². The summed E-state index contributed by atoms with van der Waals surface area (Å²) in [7, 11) is 1.45. The molecule has 0 unspecified atom stereocenters. The first-order chi connectivity index (χ1) is 15.3. The van der Waals surface area contributed by atoms with E-state index in [1.165, 1.54) is 13.1 Å². The highest BCUT2D eigenvalue weighted by atomic mass is 19.1. The van der Waals surface area contributed by atoms with E-state index in [1.54, 1.807) is 35.1 Å². The summed E-state index contributed by atoms with van der Waals surface area (Å²) in [5.74, 6) is 0.161. The number of hydrogen-bond acceptors (Lipinski definition) is 7. The van der Waals surface area contributed by atoms with Gasteiger partial charge in [0.1, 0.15) is 23.1 Å². The maximum absolute atomic E-state index is 14.2. The number of likely N-dealkylation sites (N-methyl/N-ethyl adjacent to an activating group) is 1. The number of nitrogens with two attached hydrogens (primary N) is 2. The van der Waals surface area contributed by atoms with Gasteiger partial charge in [0.25, 0.3) is 0 Å². The molecule has 0 bridgehead atoms. The Morgan fingerprint density at radius 1 is 1.16 bits per heavy atom. The fraction of sp³-hybridized carbons (Fsp3) is 0.190. The van der Waals surface area contributed by atoms with Gasteiger partial charge in [0.2, 0.25) is 0 Å². The summed E-state index contributed by atoms with van der Waals surface area (Å²) in [5.41, 5.74) is 14.1. The van der Waals surface area contributed by atoms with E-state index in [4.69, 9.17) is 16.6 Å². The highest BCUT2D eigenvalue weighted by Crippen LogP contribution is 2.28. The molecule has 0 saturated carbocycles. The van der Waals surface area contributed by atoms with Crippen LogP contribution in [0.2, 0.25) is 0 Å². The zero-order chi connectivity index (χ0) is 22.8. The quantitative estimate of drug-likeness (QED) is 0.417. The molecule has 0 aliphatic rings. The van der Waals surface area contributed by atoms with Crippen molar-refractivity contribution in [2.75, 3.05) is 25.1 Å². The van der Waals surface area contributed by atoms with Gasteiger partial charge in [-0.2, -0.15) is 5.10 Å². The number of nitrogens with zero attached hydrogens (tertiary/aromatic N) is 6. The average Bonchev–Trinajstić information content (AvgIpc) is 3.13. The van der Waals surface area contributed by atoms with Crippen molar-refractivity contribution in [2.45, 2.75) is 13.0 Å². The molecule has 4 rings (SSSR count). The zero-order valence-electron chi connectivity index (χ0n) is 17.2. The number of benzene rings is 1. The number of nitrogen functional groups attached to an aromatic ring is 2. The van der Waals surface area contributed by atoms with Crippen LogP contribution in [-0.2, 0) is 13.0 Å². The van der Waals surface area contributed by atoms with Crippen LogP contribution >= 0.6 is 0 Å². The molecule has 10 nitrogen and oxygen atoms in total. The number of aromatic nitrogens is 5. The SMILES string of the molecule is CN(CCc1c(N)nc(-c2nn(Cc3ccccc3F)c3ncccc23)nc1N)C(=O)O. The molecule has 5 N–H and O–H groups in total. The molecule has 0 saturated heterocycles. The third kappa shape index (κ3) is 4.00. The Balaban J connectivity index is 1.72. The minimum absolute atomic E-state index is 0.145. The summed E-state index contributed by atoms with van der Waals surface area (Å²) in [6.07, 6.45) is 0.834. The molecular formula is C21H21FN8O2. The van der Waals surface area contributed by atoms with Gasteiger partial charge in [-0.05, 0) is 24.6 Å². The van der Waals surface area contributed by atoms with Crippen molar-refractivity contribution in [1.29, 1.82) is 0 Å². The number of pyridine rings is 1. The van der Waals surface area contributed by atoms with Crippen LogP contribution in [0.1, 0.15) is 11.1 Å². The lowest BCUT2D eigenvalue weighted by Crippen LogP contribution is -2.27. The maximum Gasteiger partial charge on any atom is 0.407 e. The Labute approximate surface area is 182 Å². The van der Waals surface area contributed by atoms with Crippen LogP contribution in [0.3, 0.4) is 0 Å². The Morgan fingerprint density at radius 3 is 2.56 bits per heavy atom. The van der Waals surface area contributed by atoms with Gasteiger partial charge in [-0.15, -0.1) is 0 Å². The topological polar surface area (TPSA) is 149 Å². The number of hydrogen-bond donors (Lipinski definition) is 3. The van der Waals surface area contributed by atoms with E-state index in [0.29, 0.717) is 27.9 Å². The number of carbonyl (C=O) groups is 1. The molecule has 3 aromatic heterocycles. The molecule has 0 radical (unpaired) electrons. The van der Waals surface area contributed by atoms with Gasteiger partial charge in [-0.25, -0.2) is 28.8 Å². The third-order valence-corrected chi connectivity index (χ3v) is 5.09. The summed E-state index contributed by atoms with van der Waals surface area (Å²) < 4.78 is 15.8. The second kappa shape index (κ2) is 8.46. The minimum Gasteiger partial charge on any atom is -0.465 e. The Kier molecular flexibility index (Phi) is 5.54. The second-order valence-electron chi connectivity index (χ2n) is 7.22. The fourth-order valence-corrected chi connectivity index (χ4v) is 3.33. The standard InChI is InChI=1S/C21H21FN8O2/c1-29(21(31)32)10-8-14-17(23)26-19(27-18(14)24)16-13-6-4-9-25-20(13)30(28-16)11-12-5-2-3-7-15(12)22/h2-7,9H,8,10-11H2,1H3,(H,31,32)(H4,23,24,26,27). The van der Waals surface area contributed by atoms with Gasteiger partial charge in [0.15, 0.2) is 11.5 Å². The van der Waals surface area contributed by atoms with Crippen molar-refractivity contribution in [3.8, 4) is 11.5 Å². The van der Waals surface area contributed by atoms with Crippen LogP contribution in [0.15, 0.2) is 42.6 Å². The third-order valence-electron chi connectivity index (χ3n) is 5.09. The van der Waals surface area contributed by atoms with E-state index < -0.39 is 6.09 Å². The van der Waals surface area contributed by atoms with Crippen molar-refractivity contribution in [1.82, 2.24) is 29.6 Å². The number of carboxylic acid groups (broad SMARTS) is 1. The number of halogens is 1. The monoisotopic (exact) mass is 436 g/mol. The van der Waals surface area contributed by atoms with E-state index in [-0.39, 0.29) is 42.8 Å². The van der Waals surface area contributed by atoms with Crippen LogP contribution in [0.5, 0.6) is 0 Å². The molecule has 1 aromatic carbocycles. The first-order valence-electron chi connectivity index (χ1n) is 9.76. The first kappa shape index (κ1) is 21.0. The van der Waals surface area contributed by atoms with Crippen LogP contribution in [0.4, 0.5) is 20.8 Å². The van der Waals surface area contributed by atoms with E-state index in [2.05, 4.69) is 20.1 Å². The van der Waals surface area contributed by atoms with Gasteiger partial charge < -0.3 is 21.5 Å². The molecular weight excluding hydrogens is 415 g/mol. The molecule has 0 aliphatic carbocycles. The highest BCUT2D eigenvalue weighted by Gasteiger charge is 2.20. The molecule has 1 amide bonds. The summed E-state index contributed by atoms with van der Waals surface area (Å²) in [5, 5.41) is 14.2. The van der Waals surface area contributed by atoms with Crippen LogP contribution < -0.4 is 11.5 Å². The second-order valence-corrected chi connectivity index (χ2v) is 7.22. The normalized spacial score (nSPS) is 11.1. The molecule has 11 heteroatoms. The predicted molar refractivity (Wildman–Crippen MR) is 117 cm³/mol. The van der Waals surface area contributed by atoms with E-state index in [0.717, 1.165) is 4.90 Å². The lowest BCUT2D eigenvalue weighted by Gasteiger charge is -2.14. The largest absolute Gasteiger partial charge is 0.465 e. The number of fused-ring (bicyclic) bond motifs is 1. The van der Waals surface area contributed by atoms with Crippen LogP contribution in [0, 0.1) is 5.82 Å². The molecule has 0 fully saturated rings. The Bertz CT molecular complexity index is 1280. The maximum atomic E-state index is 14.2. The lowest BCUT2D eigenvalue weighted by molar-refractivity contribution is 0.156. The highest BCUT2D eigenvalue weighted by molar-refractivity contribution is 5.89. The summed E-state index contributed by atoms with van der Waals surface area (Å²) in [4.78, 5) is 25.2. The molecule has 3 heterocycles. The van der Waals surface area contributed by atoms with E-state index >= 15 is 0 Å². The average molecular weight is 436 g/mol. The molecule has 164 valence electrons. The summed E-state index contributed by atoms with van der Waals surface area (Å²) in [6.45, 7) is 0.362. The number of rotatable bonds is 6. The van der Waals surface area contributed by atoms with Gasteiger partial charge in [-0.3, -0.25) is 0 Å². The van der Waals surface area contributed by atoms with Gasteiger partial charge >= 0.3 is 6.09 Å². The first-order valence-corrected chi connectivity index (χ1v) is 9.76. The van der Waals surface area contributed by atoms with Crippen molar-refractivity contribution in [3.05, 3.63) is 59.5 Å². The fourth-order valence-electron chi connectivity index (χ4n) is 3.33. The summed E-state index contributed by atoms with van der Waals surface area (Å²) in [6, 6.07) is 10.0. The van der Waals surface area contributed by atoms with Gasteiger partial charge in [-0.1, -0.05) is 18.2 Å². The number of amides is 1. The molecule has 0 aliphatic heterocycles. The van der Waals surface area contributed by atoms with E-state index in [9.17, 15) is 9.18 Å². The lowest BCUT2D eigenvalue weighted by atomic mass is 10.2. The predicted octanol–water partition coefficient (Wildman–Crippen LogP) is 2.39. The van der Waals surface area contributed by atoms with Crippen molar-refractivity contribution >= 4 is 28.8 Å². The minimum atomic E-state index is -1.06. The molecule has 0 atom stereocenters. The summed E-state index contributed by atoms with van der Waals surface area (Å²) >= 11 is 0. The Morgan fingerprint density at radius 2 is 1.88 bits per heavy atom. The van der Waals surface area contributed by atoms with Crippen molar-refractivity contribution < 1.29 is 14.3 Å². The van der Waals surface area contributed by atoms with Crippen LogP contribution in [-0.4, -0.2) is 54.4 Å². The van der Waals surface area contributed by atoms with Crippen molar-refractivity contribution in [3.63, 3.8) is 0 Å². The van der Waals surface area contributed by atoms with Gasteiger partial charge in [0, 0.05) is 30.9 Å². The molecule has 0 spiro atoms. The smallest absolute Gasteiger partial charge is 0.407 e. The van der Waals surface area contributed by atoms with Crippen LogP contribution in [0.25, 0.3) is 22.6 Å². The zero-order valence-corrected chi connectivity index (χ0v) is 17.2. The molecule has 4 aromatic rings. The van der Waals surface area contributed by atoms with Gasteiger partial charge in [0.05, 0.1) is 11.9 Å². The Hall–Kier alpha value is -4.28.